The van der Waals surface area contributed by atoms with E-state index in [1.165, 1.54) is 12.1 Å². The lowest BCUT2D eigenvalue weighted by Crippen LogP contribution is -2.28. The molecule has 2 rings (SSSR count). The quantitative estimate of drug-likeness (QED) is 0.619. The minimum atomic E-state index is -4.49. The van der Waals surface area contributed by atoms with Gasteiger partial charge in [-0.05, 0) is 12.1 Å². The van der Waals surface area contributed by atoms with Crippen molar-refractivity contribution < 1.29 is 27.2 Å². The Kier molecular flexibility index (Phi) is 4.94. The number of rotatable bonds is 6. The number of amides is 1. The number of carbonyl (C=O) groups is 2. The van der Waals surface area contributed by atoms with Crippen molar-refractivity contribution in [1.29, 1.82) is 0 Å². The molecule has 0 atom stereocenters. The number of nitrogens with one attached hydrogen (secondary N) is 2. The van der Waals surface area contributed by atoms with Gasteiger partial charge in [0.2, 0.25) is 5.95 Å². The van der Waals surface area contributed by atoms with Crippen molar-refractivity contribution in [3.05, 3.63) is 41.6 Å². The molecule has 0 bridgehead atoms. The van der Waals surface area contributed by atoms with Crippen molar-refractivity contribution in [2.24, 2.45) is 0 Å². The van der Waals surface area contributed by atoms with Gasteiger partial charge in [-0.15, -0.1) is 0 Å². The number of hydrogen-bond donors (Lipinski definition) is 2. The summed E-state index contributed by atoms with van der Waals surface area (Å²) in [6.45, 7) is 0.346. The Hall–Kier alpha value is -2.91. The number of alkyl halides is 3. The van der Waals surface area contributed by atoms with Gasteiger partial charge >= 0.3 is 6.18 Å². The smallest absolute Gasteiger partial charge is 0.419 e. The summed E-state index contributed by atoms with van der Waals surface area (Å²) in [5.74, 6) is -0.494. The Morgan fingerprint density at radius 2 is 1.91 bits per heavy atom. The van der Waals surface area contributed by atoms with E-state index >= 15 is 0 Å². The lowest BCUT2D eigenvalue weighted by atomic mass is 10.3. The molecule has 0 aliphatic rings. The van der Waals surface area contributed by atoms with E-state index in [1.54, 1.807) is 0 Å². The van der Waals surface area contributed by atoms with E-state index in [1.807, 2.05) is 0 Å². The fourth-order valence-electron chi connectivity index (χ4n) is 1.54. The maximum Gasteiger partial charge on any atom is 0.419 e. The average Bonchev–Trinajstić information content (AvgIpc) is 3.00. The van der Waals surface area contributed by atoms with Gasteiger partial charge in [-0.3, -0.25) is 9.59 Å². The van der Waals surface area contributed by atoms with Gasteiger partial charge in [0.15, 0.2) is 17.8 Å². The standard InChI is InChI=1S/C13H11F3N4O3/c14-13(15,16)8-5-19-12(20-6-8)18-4-3-17-11(22)10-2-1-9(7-21)23-10/h1-2,5-7H,3-4H2,(H,17,22)(H,18,19,20). The van der Waals surface area contributed by atoms with E-state index in [-0.39, 0.29) is 30.6 Å². The van der Waals surface area contributed by atoms with Crippen LogP contribution in [0.15, 0.2) is 28.9 Å². The minimum Gasteiger partial charge on any atom is -0.448 e. The molecule has 2 aromatic heterocycles. The number of aromatic nitrogens is 2. The van der Waals surface area contributed by atoms with Crippen LogP contribution < -0.4 is 10.6 Å². The van der Waals surface area contributed by atoms with Gasteiger partial charge in [-0.2, -0.15) is 13.2 Å². The number of anilines is 1. The number of hydrogen-bond acceptors (Lipinski definition) is 6. The molecule has 10 heteroatoms. The molecule has 122 valence electrons. The second kappa shape index (κ2) is 6.90. The summed E-state index contributed by atoms with van der Waals surface area (Å²) in [6.07, 6.45) is -2.69. The zero-order valence-corrected chi connectivity index (χ0v) is 11.6. The maximum atomic E-state index is 12.3. The van der Waals surface area contributed by atoms with Crippen LogP contribution in [0, 0.1) is 0 Å². The molecule has 0 aromatic carbocycles. The van der Waals surface area contributed by atoms with Crippen molar-refractivity contribution in [3.8, 4) is 0 Å². The van der Waals surface area contributed by atoms with Crippen molar-refractivity contribution in [2.75, 3.05) is 18.4 Å². The first-order valence-electron chi connectivity index (χ1n) is 6.36. The zero-order valence-electron chi connectivity index (χ0n) is 11.6. The fraction of sp³-hybridized carbons (Fsp3) is 0.231. The van der Waals surface area contributed by atoms with Crippen LogP contribution in [0.25, 0.3) is 0 Å². The SMILES string of the molecule is O=Cc1ccc(C(=O)NCCNc2ncc(C(F)(F)F)cn2)o1. The van der Waals surface area contributed by atoms with Crippen molar-refractivity contribution in [1.82, 2.24) is 15.3 Å². The van der Waals surface area contributed by atoms with Crippen molar-refractivity contribution >= 4 is 18.1 Å². The molecule has 0 fully saturated rings. The Morgan fingerprint density at radius 1 is 1.22 bits per heavy atom. The Bertz CT molecular complexity index is 683. The van der Waals surface area contributed by atoms with Crippen LogP contribution in [0.4, 0.5) is 19.1 Å². The van der Waals surface area contributed by atoms with E-state index in [9.17, 15) is 22.8 Å². The van der Waals surface area contributed by atoms with Crippen LogP contribution in [0.5, 0.6) is 0 Å². The topological polar surface area (TPSA) is 97.1 Å². The average molecular weight is 328 g/mol. The van der Waals surface area contributed by atoms with Gasteiger partial charge in [0.05, 0.1) is 5.56 Å². The summed E-state index contributed by atoms with van der Waals surface area (Å²) >= 11 is 0. The van der Waals surface area contributed by atoms with Gasteiger partial charge < -0.3 is 15.1 Å². The summed E-state index contributed by atoms with van der Waals surface area (Å²) < 4.78 is 41.9. The van der Waals surface area contributed by atoms with Crippen LogP contribution >= 0.6 is 0 Å². The van der Waals surface area contributed by atoms with Gasteiger partial charge in [0.25, 0.3) is 5.91 Å². The summed E-state index contributed by atoms with van der Waals surface area (Å²) in [5.41, 5.74) is -0.944. The second-order valence-electron chi connectivity index (χ2n) is 4.30. The Labute approximate surface area is 127 Å². The van der Waals surface area contributed by atoms with E-state index in [0.29, 0.717) is 18.7 Å². The predicted octanol–water partition coefficient (Wildman–Crippen LogP) is 1.74. The van der Waals surface area contributed by atoms with Crippen molar-refractivity contribution in [2.45, 2.75) is 6.18 Å². The van der Waals surface area contributed by atoms with Gasteiger partial charge in [-0.25, -0.2) is 9.97 Å². The van der Waals surface area contributed by atoms with Gasteiger partial charge in [0.1, 0.15) is 0 Å². The molecule has 0 aliphatic carbocycles. The highest BCUT2D eigenvalue weighted by atomic mass is 19.4. The second-order valence-corrected chi connectivity index (χ2v) is 4.30. The molecule has 23 heavy (non-hydrogen) atoms. The maximum absolute atomic E-state index is 12.3. The van der Waals surface area contributed by atoms with Gasteiger partial charge in [-0.1, -0.05) is 0 Å². The molecule has 0 unspecified atom stereocenters. The zero-order chi connectivity index (χ0) is 16.9. The van der Waals surface area contributed by atoms with E-state index in [2.05, 4.69) is 20.6 Å². The minimum absolute atomic E-state index is 0.00786. The van der Waals surface area contributed by atoms with Crippen LogP contribution in [0.3, 0.4) is 0 Å². The summed E-state index contributed by atoms with van der Waals surface area (Å²) in [7, 11) is 0. The van der Waals surface area contributed by atoms with Crippen LogP contribution in [-0.4, -0.2) is 35.3 Å². The molecule has 2 N–H and O–H groups in total. The van der Waals surface area contributed by atoms with Crippen LogP contribution in [0.2, 0.25) is 0 Å². The molecule has 0 saturated heterocycles. The molecule has 2 aromatic rings. The number of halogens is 3. The first-order valence-corrected chi connectivity index (χ1v) is 6.36. The van der Waals surface area contributed by atoms with E-state index in [4.69, 9.17) is 4.42 Å². The highest BCUT2D eigenvalue weighted by molar-refractivity contribution is 5.92. The summed E-state index contributed by atoms with van der Waals surface area (Å²) in [4.78, 5) is 29.1. The Morgan fingerprint density at radius 3 is 2.48 bits per heavy atom. The summed E-state index contributed by atoms with van der Waals surface area (Å²) in [6, 6.07) is 2.71. The number of carbonyl (C=O) groups excluding carboxylic acids is 2. The largest absolute Gasteiger partial charge is 0.448 e. The third-order valence-electron chi connectivity index (χ3n) is 2.64. The molecule has 1 amide bonds. The summed E-state index contributed by atoms with van der Waals surface area (Å²) in [5, 5.41) is 5.15. The van der Waals surface area contributed by atoms with Crippen LogP contribution in [0.1, 0.15) is 26.7 Å². The number of aldehydes is 1. The lowest BCUT2D eigenvalue weighted by molar-refractivity contribution is -0.138. The highest BCUT2D eigenvalue weighted by Gasteiger charge is 2.31. The highest BCUT2D eigenvalue weighted by Crippen LogP contribution is 2.27. The molecule has 0 aliphatic heterocycles. The monoisotopic (exact) mass is 328 g/mol. The number of furan rings is 1. The van der Waals surface area contributed by atoms with E-state index < -0.39 is 17.6 Å². The molecular weight excluding hydrogens is 317 g/mol. The van der Waals surface area contributed by atoms with E-state index in [0.717, 1.165) is 0 Å². The molecule has 7 nitrogen and oxygen atoms in total. The predicted molar refractivity (Wildman–Crippen MR) is 72.0 cm³/mol. The first-order chi connectivity index (χ1) is 10.9. The number of nitrogens with zero attached hydrogens (tertiary/aromatic N) is 2. The molecule has 0 spiro atoms. The molecule has 2 heterocycles. The first kappa shape index (κ1) is 16.5. The third-order valence-corrected chi connectivity index (χ3v) is 2.64. The molecule has 0 radical (unpaired) electrons. The Balaban J connectivity index is 1.77. The molecule has 0 saturated carbocycles. The van der Waals surface area contributed by atoms with Crippen LogP contribution in [-0.2, 0) is 6.18 Å². The van der Waals surface area contributed by atoms with Gasteiger partial charge in [0, 0.05) is 25.5 Å². The lowest BCUT2D eigenvalue weighted by Gasteiger charge is -2.08. The third kappa shape index (κ3) is 4.53. The normalized spacial score (nSPS) is 11.1. The molecular formula is C13H11F3N4O3. The van der Waals surface area contributed by atoms with Crippen molar-refractivity contribution in [3.63, 3.8) is 0 Å². The fourth-order valence-corrected chi connectivity index (χ4v) is 1.54.